The molecule has 82 valence electrons. The van der Waals surface area contributed by atoms with Crippen molar-refractivity contribution in [3.05, 3.63) is 46.5 Å². The summed E-state index contributed by atoms with van der Waals surface area (Å²) in [6, 6.07) is 7.49. The maximum Gasteiger partial charge on any atom is 0.175 e. The first kappa shape index (κ1) is 11.1. The molecule has 1 heterocycles. The van der Waals surface area contributed by atoms with Crippen molar-refractivity contribution in [1.29, 1.82) is 0 Å². The van der Waals surface area contributed by atoms with Crippen LogP contribution in [0, 0.1) is 5.82 Å². The van der Waals surface area contributed by atoms with Crippen LogP contribution in [0.5, 0.6) is 0 Å². The molecule has 2 rings (SSSR count). The fourth-order valence-electron chi connectivity index (χ4n) is 1.16. The normalized spacial score (nSPS) is 10.2. The summed E-state index contributed by atoms with van der Waals surface area (Å²) in [5.41, 5.74) is 1.04. The van der Waals surface area contributed by atoms with Crippen LogP contribution in [-0.4, -0.2) is 10.2 Å². The van der Waals surface area contributed by atoms with Crippen LogP contribution in [0.4, 0.5) is 15.8 Å². The first-order valence-electron chi connectivity index (χ1n) is 4.36. The molecule has 1 N–H and O–H groups in total. The van der Waals surface area contributed by atoms with Gasteiger partial charge in [-0.25, -0.2) is 4.39 Å². The van der Waals surface area contributed by atoms with E-state index in [0.717, 1.165) is 0 Å². The van der Waals surface area contributed by atoms with Crippen LogP contribution in [0.15, 0.2) is 30.3 Å². The molecule has 0 atom stereocenters. The summed E-state index contributed by atoms with van der Waals surface area (Å²) in [6.07, 6.45) is 0. The van der Waals surface area contributed by atoms with Gasteiger partial charge in [-0.2, -0.15) is 0 Å². The monoisotopic (exact) mass is 257 g/mol. The summed E-state index contributed by atoms with van der Waals surface area (Å²) >= 11 is 11.5. The number of halogens is 3. The number of aromatic nitrogens is 2. The second kappa shape index (κ2) is 4.63. The van der Waals surface area contributed by atoms with Gasteiger partial charge in [-0.1, -0.05) is 29.3 Å². The first-order valence-corrected chi connectivity index (χ1v) is 5.12. The Kier molecular flexibility index (Phi) is 3.22. The van der Waals surface area contributed by atoms with Crippen molar-refractivity contribution < 1.29 is 4.39 Å². The molecule has 0 bridgehead atoms. The molecule has 2 aromatic rings. The van der Waals surface area contributed by atoms with Crippen molar-refractivity contribution in [3.63, 3.8) is 0 Å². The molecule has 1 aromatic heterocycles. The summed E-state index contributed by atoms with van der Waals surface area (Å²) in [5, 5.41) is 10.5. The Hall–Kier alpha value is -1.39. The third-order valence-corrected chi connectivity index (χ3v) is 2.29. The smallest absolute Gasteiger partial charge is 0.175 e. The van der Waals surface area contributed by atoms with Gasteiger partial charge in [-0.3, -0.25) is 0 Å². The van der Waals surface area contributed by atoms with Gasteiger partial charge < -0.3 is 5.32 Å². The van der Waals surface area contributed by atoms with Crippen molar-refractivity contribution >= 4 is 34.6 Å². The Morgan fingerprint density at radius 1 is 1.12 bits per heavy atom. The lowest BCUT2D eigenvalue weighted by Crippen LogP contribution is -1.95. The molecule has 0 amide bonds. The molecule has 3 nitrogen and oxygen atoms in total. The molecular weight excluding hydrogens is 252 g/mol. The Balaban J connectivity index is 2.30. The average molecular weight is 258 g/mol. The molecule has 0 fully saturated rings. The predicted molar refractivity (Wildman–Crippen MR) is 61.7 cm³/mol. The van der Waals surface area contributed by atoms with E-state index in [1.54, 1.807) is 12.1 Å². The summed E-state index contributed by atoms with van der Waals surface area (Å²) < 4.78 is 12.9. The zero-order valence-electron chi connectivity index (χ0n) is 7.92. The van der Waals surface area contributed by atoms with Gasteiger partial charge >= 0.3 is 0 Å². The van der Waals surface area contributed by atoms with Crippen LogP contribution in [0.3, 0.4) is 0 Å². The molecule has 0 aliphatic carbocycles. The van der Waals surface area contributed by atoms with Crippen molar-refractivity contribution in [2.75, 3.05) is 5.32 Å². The minimum absolute atomic E-state index is 0.175. The molecule has 0 saturated carbocycles. The van der Waals surface area contributed by atoms with Crippen LogP contribution in [0.1, 0.15) is 0 Å². The fourth-order valence-corrected chi connectivity index (χ4v) is 1.45. The largest absolute Gasteiger partial charge is 0.353 e. The van der Waals surface area contributed by atoms with E-state index in [1.165, 1.54) is 18.2 Å². The highest BCUT2D eigenvalue weighted by atomic mass is 35.5. The second-order valence-corrected chi connectivity index (χ2v) is 3.75. The van der Waals surface area contributed by atoms with Gasteiger partial charge in [0.05, 0.1) is 5.69 Å². The second-order valence-electron chi connectivity index (χ2n) is 3.01. The third kappa shape index (κ3) is 2.59. The molecule has 0 spiro atoms. The van der Waals surface area contributed by atoms with Crippen LogP contribution >= 0.6 is 23.2 Å². The molecule has 0 aliphatic heterocycles. The summed E-state index contributed by atoms with van der Waals surface area (Å²) in [4.78, 5) is 0. The van der Waals surface area contributed by atoms with E-state index in [0.29, 0.717) is 11.4 Å². The Morgan fingerprint density at radius 2 is 1.94 bits per heavy atom. The zero-order valence-corrected chi connectivity index (χ0v) is 9.43. The highest BCUT2D eigenvalue weighted by Gasteiger charge is 2.04. The maximum absolute atomic E-state index is 12.9. The van der Waals surface area contributed by atoms with Gasteiger partial charge in [0.1, 0.15) is 5.82 Å². The van der Waals surface area contributed by atoms with E-state index < -0.39 is 0 Å². The van der Waals surface area contributed by atoms with Crippen molar-refractivity contribution in [3.8, 4) is 0 Å². The third-order valence-electron chi connectivity index (χ3n) is 1.82. The number of hydrogen-bond acceptors (Lipinski definition) is 3. The van der Waals surface area contributed by atoms with Gasteiger partial charge in [0.15, 0.2) is 10.3 Å². The molecule has 0 unspecified atom stereocenters. The number of anilines is 2. The zero-order chi connectivity index (χ0) is 11.5. The Labute approximate surface area is 101 Å². The fraction of sp³-hybridized carbons (Fsp3) is 0. The molecule has 0 aliphatic rings. The molecule has 1 aromatic carbocycles. The Bertz CT molecular complexity index is 519. The van der Waals surface area contributed by atoms with Gasteiger partial charge in [0.2, 0.25) is 0 Å². The van der Waals surface area contributed by atoms with E-state index in [-0.39, 0.29) is 16.1 Å². The molecule has 6 heteroatoms. The van der Waals surface area contributed by atoms with Crippen LogP contribution in [0.2, 0.25) is 10.3 Å². The maximum atomic E-state index is 12.9. The highest BCUT2D eigenvalue weighted by molar-refractivity contribution is 6.33. The van der Waals surface area contributed by atoms with Crippen LogP contribution in [0.25, 0.3) is 0 Å². The average Bonchev–Trinajstić information content (AvgIpc) is 2.24. The standard InChI is InChI=1S/C10H6Cl2FN3/c11-9-5-8(10(12)16-15-9)14-7-3-1-2-6(13)4-7/h1-5H,(H,14,15). The lowest BCUT2D eigenvalue weighted by molar-refractivity contribution is 0.628. The SMILES string of the molecule is Fc1cccc(Nc2cc(Cl)nnc2Cl)c1. The molecule has 0 radical (unpaired) electrons. The number of nitrogens with zero attached hydrogens (tertiary/aromatic N) is 2. The summed E-state index contributed by atoms with van der Waals surface area (Å²) in [5.74, 6) is -0.339. The Morgan fingerprint density at radius 3 is 2.69 bits per heavy atom. The van der Waals surface area contributed by atoms with Crippen molar-refractivity contribution in [1.82, 2.24) is 10.2 Å². The molecule has 0 saturated heterocycles. The minimum Gasteiger partial charge on any atom is -0.353 e. The highest BCUT2D eigenvalue weighted by Crippen LogP contribution is 2.25. The molecular formula is C10H6Cl2FN3. The number of nitrogens with one attached hydrogen (secondary N) is 1. The van der Waals surface area contributed by atoms with Gasteiger partial charge in [0, 0.05) is 11.8 Å². The van der Waals surface area contributed by atoms with E-state index >= 15 is 0 Å². The van der Waals surface area contributed by atoms with Gasteiger partial charge in [-0.05, 0) is 18.2 Å². The minimum atomic E-state index is -0.339. The lowest BCUT2D eigenvalue weighted by atomic mass is 10.3. The van der Waals surface area contributed by atoms with Crippen LogP contribution < -0.4 is 5.32 Å². The summed E-state index contributed by atoms with van der Waals surface area (Å²) in [6.45, 7) is 0. The quantitative estimate of drug-likeness (QED) is 0.893. The molecule has 16 heavy (non-hydrogen) atoms. The lowest BCUT2D eigenvalue weighted by Gasteiger charge is -2.07. The summed E-state index contributed by atoms with van der Waals surface area (Å²) in [7, 11) is 0. The van der Waals surface area contributed by atoms with Crippen molar-refractivity contribution in [2.45, 2.75) is 0 Å². The topological polar surface area (TPSA) is 37.8 Å². The van der Waals surface area contributed by atoms with Gasteiger partial charge in [-0.15, -0.1) is 10.2 Å². The van der Waals surface area contributed by atoms with E-state index in [9.17, 15) is 4.39 Å². The van der Waals surface area contributed by atoms with Gasteiger partial charge in [0.25, 0.3) is 0 Å². The number of benzene rings is 1. The predicted octanol–water partition coefficient (Wildman–Crippen LogP) is 3.67. The van der Waals surface area contributed by atoms with E-state index in [2.05, 4.69) is 15.5 Å². The van der Waals surface area contributed by atoms with Crippen LogP contribution in [-0.2, 0) is 0 Å². The number of hydrogen-bond donors (Lipinski definition) is 1. The van der Waals surface area contributed by atoms with E-state index in [1.807, 2.05) is 0 Å². The van der Waals surface area contributed by atoms with Crippen molar-refractivity contribution in [2.24, 2.45) is 0 Å². The number of rotatable bonds is 2. The van der Waals surface area contributed by atoms with E-state index in [4.69, 9.17) is 23.2 Å². The first-order chi connectivity index (χ1) is 7.65.